The number of amides is 1. The first-order chi connectivity index (χ1) is 11.2. The Kier molecular flexibility index (Phi) is 4.66. The second-order valence-corrected chi connectivity index (χ2v) is 5.81. The van der Waals surface area contributed by atoms with Gasteiger partial charge in [0, 0.05) is 13.7 Å². The molecule has 1 amide bonds. The number of benzene rings is 1. The lowest BCUT2D eigenvalue weighted by atomic mass is 10.0. The summed E-state index contributed by atoms with van der Waals surface area (Å²) in [7, 11) is 1.53. The first-order valence-corrected chi connectivity index (χ1v) is 7.84. The van der Waals surface area contributed by atoms with E-state index in [0.717, 1.165) is 30.5 Å². The van der Waals surface area contributed by atoms with Gasteiger partial charge in [-0.05, 0) is 49.1 Å². The molecule has 7 nitrogen and oxygen atoms in total. The number of tetrazole rings is 1. The molecule has 0 radical (unpaired) electrons. The van der Waals surface area contributed by atoms with Crippen molar-refractivity contribution in [1.82, 2.24) is 25.1 Å². The van der Waals surface area contributed by atoms with Crippen LogP contribution in [0.2, 0.25) is 0 Å². The zero-order valence-electron chi connectivity index (χ0n) is 13.5. The Bertz CT molecular complexity index is 685. The van der Waals surface area contributed by atoms with Crippen molar-refractivity contribution in [2.45, 2.75) is 32.2 Å². The molecule has 1 aromatic carbocycles. The molecule has 0 N–H and O–H groups in total. The highest BCUT2D eigenvalue weighted by Crippen LogP contribution is 2.28. The Balaban J connectivity index is 1.84. The number of rotatable bonds is 4. The molecule has 7 heteroatoms. The standard InChI is InChI=1S/C16H21N5O2/c1-12-6-5-7-13(10-12)21-18-16(17-19-21)14-8-3-4-9-20(14)15(22)11-23-2/h5-7,10,14H,3-4,8-9,11H2,1-2H3. The smallest absolute Gasteiger partial charge is 0.249 e. The molecule has 1 aliphatic heterocycles. The van der Waals surface area contributed by atoms with Gasteiger partial charge in [0.2, 0.25) is 5.91 Å². The van der Waals surface area contributed by atoms with Crippen molar-refractivity contribution < 1.29 is 9.53 Å². The van der Waals surface area contributed by atoms with Gasteiger partial charge >= 0.3 is 0 Å². The van der Waals surface area contributed by atoms with E-state index < -0.39 is 0 Å². The Morgan fingerprint density at radius 3 is 3.04 bits per heavy atom. The molecule has 1 unspecified atom stereocenters. The lowest BCUT2D eigenvalue weighted by Gasteiger charge is -2.33. The van der Waals surface area contributed by atoms with Crippen molar-refractivity contribution in [2.24, 2.45) is 0 Å². The lowest BCUT2D eigenvalue weighted by molar-refractivity contribution is -0.139. The van der Waals surface area contributed by atoms with E-state index >= 15 is 0 Å². The molecule has 0 spiro atoms. The zero-order chi connectivity index (χ0) is 16.2. The third-order valence-electron chi connectivity index (χ3n) is 4.05. The molecule has 1 fully saturated rings. The van der Waals surface area contributed by atoms with Crippen molar-refractivity contribution in [3.63, 3.8) is 0 Å². The maximum absolute atomic E-state index is 12.2. The minimum absolute atomic E-state index is 0.0240. The average molecular weight is 315 g/mol. The number of aromatic nitrogens is 4. The molecule has 1 aromatic heterocycles. The van der Waals surface area contributed by atoms with Gasteiger partial charge in [0.05, 0.1) is 11.7 Å². The SMILES string of the molecule is COCC(=O)N1CCCCC1c1nnn(-c2cccc(C)c2)n1. The van der Waals surface area contributed by atoms with E-state index in [9.17, 15) is 4.79 Å². The summed E-state index contributed by atoms with van der Waals surface area (Å²) >= 11 is 0. The number of hydrogen-bond donors (Lipinski definition) is 0. The third-order valence-corrected chi connectivity index (χ3v) is 4.05. The second-order valence-electron chi connectivity index (χ2n) is 5.81. The normalized spacial score (nSPS) is 18.2. The molecule has 122 valence electrons. The van der Waals surface area contributed by atoms with Gasteiger partial charge in [-0.3, -0.25) is 4.79 Å². The Hall–Kier alpha value is -2.28. The van der Waals surface area contributed by atoms with Gasteiger partial charge in [0.15, 0.2) is 5.82 Å². The Labute approximate surface area is 135 Å². The van der Waals surface area contributed by atoms with Gasteiger partial charge < -0.3 is 9.64 Å². The number of nitrogens with zero attached hydrogens (tertiary/aromatic N) is 5. The summed E-state index contributed by atoms with van der Waals surface area (Å²) in [4.78, 5) is 15.6. The second kappa shape index (κ2) is 6.87. The van der Waals surface area contributed by atoms with Crippen LogP contribution in [0.3, 0.4) is 0 Å². The number of methoxy groups -OCH3 is 1. The summed E-state index contributed by atoms with van der Waals surface area (Å²) in [6.45, 7) is 2.82. The fourth-order valence-electron chi connectivity index (χ4n) is 2.93. The lowest BCUT2D eigenvalue weighted by Crippen LogP contribution is -2.40. The summed E-state index contributed by atoms with van der Waals surface area (Å²) in [5.41, 5.74) is 2.00. The fourth-order valence-corrected chi connectivity index (χ4v) is 2.93. The molecule has 2 aromatic rings. The van der Waals surface area contributed by atoms with Crippen molar-refractivity contribution >= 4 is 5.91 Å². The molecule has 0 aliphatic carbocycles. The largest absolute Gasteiger partial charge is 0.375 e. The van der Waals surface area contributed by atoms with Crippen LogP contribution >= 0.6 is 0 Å². The molecule has 23 heavy (non-hydrogen) atoms. The summed E-state index contributed by atoms with van der Waals surface area (Å²) in [6.07, 6.45) is 2.91. The number of ether oxygens (including phenoxy) is 1. The number of piperidine rings is 1. The van der Waals surface area contributed by atoms with Gasteiger partial charge in [-0.2, -0.15) is 0 Å². The first kappa shape index (κ1) is 15.6. The van der Waals surface area contributed by atoms with E-state index in [0.29, 0.717) is 12.4 Å². The number of carbonyl (C=O) groups is 1. The summed E-state index contributed by atoms with van der Waals surface area (Å²) in [6, 6.07) is 7.80. The predicted molar refractivity (Wildman–Crippen MR) is 84.1 cm³/mol. The molecule has 0 saturated carbocycles. The monoisotopic (exact) mass is 315 g/mol. The number of carbonyl (C=O) groups excluding carboxylic acids is 1. The van der Waals surface area contributed by atoms with Gasteiger partial charge in [-0.25, -0.2) is 0 Å². The quantitative estimate of drug-likeness (QED) is 0.858. The predicted octanol–water partition coefficient (Wildman–Crippen LogP) is 1.67. The van der Waals surface area contributed by atoms with Gasteiger partial charge in [-0.15, -0.1) is 15.0 Å². The van der Waals surface area contributed by atoms with E-state index in [1.807, 2.05) is 36.1 Å². The van der Waals surface area contributed by atoms with Crippen LogP contribution in [0.4, 0.5) is 0 Å². The molecule has 3 rings (SSSR count). The minimum atomic E-state index is -0.120. The van der Waals surface area contributed by atoms with Crippen LogP contribution < -0.4 is 0 Å². The van der Waals surface area contributed by atoms with Crippen LogP contribution in [0.25, 0.3) is 5.69 Å². The van der Waals surface area contributed by atoms with Crippen LogP contribution in [0.1, 0.15) is 36.7 Å². The summed E-state index contributed by atoms with van der Waals surface area (Å²) in [5.74, 6) is 0.569. The van der Waals surface area contributed by atoms with Crippen LogP contribution in [0.15, 0.2) is 24.3 Å². The van der Waals surface area contributed by atoms with E-state index in [1.54, 1.807) is 0 Å². The molecular weight excluding hydrogens is 294 g/mol. The number of aryl methyl sites for hydroxylation is 1. The maximum atomic E-state index is 12.2. The van der Waals surface area contributed by atoms with Crippen molar-refractivity contribution in [3.05, 3.63) is 35.7 Å². The van der Waals surface area contributed by atoms with E-state index in [-0.39, 0.29) is 18.6 Å². The third kappa shape index (κ3) is 3.39. The molecular formula is C16H21N5O2. The topological polar surface area (TPSA) is 73.1 Å². The maximum Gasteiger partial charge on any atom is 0.249 e. The van der Waals surface area contributed by atoms with Crippen LogP contribution in [0.5, 0.6) is 0 Å². The van der Waals surface area contributed by atoms with Crippen LogP contribution in [-0.4, -0.2) is 51.3 Å². The van der Waals surface area contributed by atoms with Crippen molar-refractivity contribution in [1.29, 1.82) is 0 Å². The number of likely N-dealkylation sites (tertiary alicyclic amines) is 1. The van der Waals surface area contributed by atoms with Crippen LogP contribution in [-0.2, 0) is 9.53 Å². The fraction of sp³-hybridized carbons (Fsp3) is 0.500. The number of hydrogen-bond acceptors (Lipinski definition) is 5. The highest BCUT2D eigenvalue weighted by molar-refractivity contribution is 5.78. The van der Waals surface area contributed by atoms with E-state index in [1.165, 1.54) is 11.9 Å². The molecule has 1 saturated heterocycles. The molecule has 1 atom stereocenters. The minimum Gasteiger partial charge on any atom is -0.375 e. The highest BCUT2D eigenvalue weighted by atomic mass is 16.5. The van der Waals surface area contributed by atoms with E-state index in [2.05, 4.69) is 15.4 Å². The zero-order valence-corrected chi connectivity index (χ0v) is 13.5. The van der Waals surface area contributed by atoms with Crippen LogP contribution in [0, 0.1) is 6.92 Å². The first-order valence-electron chi connectivity index (χ1n) is 7.84. The molecule has 0 bridgehead atoms. The molecule has 2 heterocycles. The average Bonchev–Trinajstić information content (AvgIpc) is 3.05. The summed E-state index contributed by atoms with van der Waals surface area (Å²) < 4.78 is 4.98. The van der Waals surface area contributed by atoms with Gasteiger partial charge in [-0.1, -0.05) is 12.1 Å². The Morgan fingerprint density at radius 2 is 2.26 bits per heavy atom. The van der Waals surface area contributed by atoms with E-state index in [4.69, 9.17) is 4.74 Å². The Morgan fingerprint density at radius 1 is 1.39 bits per heavy atom. The van der Waals surface area contributed by atoms with Gasteiger partial charge in [0.1, 0.15) is 6.61 Å². The molecule has 1 aliphatic rings. The van der Waals surface area contributed by atoms with Crippen molar-refractivity contribution in [2.75, 3.05) is 20.3 Å². The van der Waals surface area contributed by atoms with Crippen molar-refractivity contribution in [3.8, 4) is 5.69 Å². The highest BCUT2D eigenvalue weighted by Gasteiger charge is 2.31. The summed E-state index contributed by atoms with van der Waals surface area (Å²) in [5, 5.41) is 12.8. The van der Waals surface area contributed by atoms with Gasteiger partial charge in [0.25, 0.3) is 0 Å².